The molecule has 0 unspecified atom stereocenters. The van der Waals surface area contributed by atoms with Crippen molar-refractivity contribution in [1.29, 1.82) is 5.26 Å². The number of nitrogens with one attached hydrogen (secondary N) is 2. The zero-order valence-corrected chi connectivity index (χ0v) is 16.1. The molecule has 2 amide bonds. The Morgan fingerprint density at radius 2 is 1.47 bits per heavy atom. The van der Waals surface area contributed by atoms with Crippen molar-refractivity contribution in [3.8, 4) is 17.6 Å². The summed E-state index contributed by atoms with van der Waals surface area (Å²) in [6.45, 7) is 0. The van der Waals surface area contributed by atoms with Gasteiger partial charge in [0.1, 0.15) is 11.2 Å². The first-order valence-corrected chi connectivity index (χ1v) is 9.56. The molecule has 1 aliphatic carbocycles. The molecule has 2 N–H and O–H groups in total. The Morgan fingerprint density at radius 1 is 0.833 bits per heavy atom. The van der Waals surface area contributed by atoms with Crippen LogP contribution in [0.25, 0.3) is 0 Å². The zero-order valence-electron chi connectivity index (χ0n) is 16.1. The molecule has 1 aliphatic rings. The van der Waals surface area contributed by atoms with Gasteiger partial charge in [-0.1, -0.05) is 30.3 Å². The lowest BCUT2D eigenvalue weighted by Crippen LogP contribution is -2.35. The van der Waals surface area contributed by atoms with Crippen molar-refractivity contribution in [2.45, 2.75) is 12.8 Å². The fourth-order valence-corrected chi connectivity index (χ4v) is 3.08. The molecular weight excluding hydrogens is 378 g/mol. The zero-order chi connectivity index (χ0) is 21.0. The minimum Gasteiger partial charge on any atom is -0.455 e. The quantitative estimate of drug-likeness (QED) is 0.590. The summed E-state index contributed by atoms with van der Waals surface area (Å²) in [6.07, 6.45) is 0.950. The van der Waals surface area contributed by atoms with E-state index < -0.39 is 5.41 Å². The Kier molecular flexibility index (Phi) is 5.19. The van der Waals surface area contributed by atoms with E-state index in [4.69, 9.17) is 10.00 Å². The highest BCUT2D eigenvalue weighted by molar-refractivity contribution is 6.17. The highest BCUT2D eigenvalue weighted by Crippen LogP contribution is 2.48. The molecule has 0 aromatic heterocycles. The lowest BCUT2D eigenvalue weighted by Gasteiger charge is -2.17. The molecule has 3 aromatic carbocycles. The van der Waals surface area contributed by atoms with Crippen LogP contribution in [0, 0.1) is 16.7 Å². The van der Waals surface area contributed by atoms with Gasteiger partial charge >= 0.3 is 0 Å². The van der Waals surface area contributed by atoms with Crippen LogP contribution in [0.15, 0.2) is 78.9 Å². The van der Waals surface area contributed by atoms with E-state index >= 15 is 0 Å². The molecule has 0 radical (unpaired) electrons. The smallest absolute Gasteiger partial charge is 0.240 e. The van der Waals surface area contributed by atoms with Gasteiger partial charge in [0.15, 0.2) is 5.75 Å². The summed E-state index contributed by atoms with van der Waals surface area (Å²) in [5, 5.41) is 14.5. The van der Waals surface area contributed by atoms with Gasteiger partial charge in [0, 0.05) is 5.69 Å². The molecule has 1 fully saturated rings. The SMILES string of the molecule is N#Cc1ccc(NC(=O)C2(C(=O)Nc3ccccc3Oc3ccccc3)CC2)cc1. The second kappa shape index (κ2) is 8.10. The lowest BCUT2D eigenvalue weighted by molar-refractivity contribution is -0.131. The fraction of sp³-hybridized carbons (Fsp3) is 0.125. The second-order valence-electron chi connectivity index (χ2n) is 7.09. The number of ether oxygens (including phenoxy) is 1. The van der Waals surface area contributed by atoms with Crippen LogP contribution in [0.1, 0.15) is 18.4 Å². The fourth-order valence-electron chi connectivity index (χ4n) is 3.08. The summed E-state index contributed by atoms with van der Waals surface area (Å²) in [4.78, 5) is 25.8. The van der Waals surface area contributed by atoms with E-state index in [9.17, 15) is 9.59 Å². The van der Waals surface area contributed by atoms with E-state index in [1.54, 1.807) is 42.5 Å². The number of benzene rings is 3. The van der Waals surface area contributed by atoms with Gasteiger partial charge in [-0.05, 0) is 61.4 Å². The van der Waals surface area contributed by atoms with Crippen molar-refractivity contribution in [2.24, 2.45) is 5.41 Å². The molecule has 4 rings (SSSR count). The number of nitriles is 1. The van der Waals surface area contributed by atoms with Crippen LogP contribution in [0.3, 0.4) is 0 Å². The first-order valence-electron chi connectivity index (χ1n) is 9.56. The predicted octanol–water partition coefficient (Wildman–Crippen LogP) is 4.71. The van der Waals surface area contributed by atoms with Crippen LogP contribution >= 0.6 is 0 Å². The van der Waals surface area contributed by atoms with E-state index in [1.165, 1.54) is 0 Å². The average molecular weight is 397 g/mol. The third-order valence-corrected chi connectivity index (χ3v) is 5.00. The maximum atomic E-state index is 13.0. The van der Waals surface area contributed by atoms with Crippen LogP contribution in [0.4, 0.5) is 11.4 Å². The maximum absolute atomic E-state index is 13.0. The standard InChI is InChI=1S/C24H19N3O3/c25-16-17-10-12-18(13-11-17)26-22(28)24(14-15-24)23(29)27-20-8-4-5-9-21(20)30-19-6-2-1-3-7-19/h1-13H,14-15H2,(H,26,28)(H,27,29). The van der Waals surface area contributed by atoms with E-state index in [1.807, 2.05) is 42.5 Å². The number of nitrogens with zero attached hydrogens (tertiary/aromatic N) is 1. The number of hydrogen-bond donors (Lipinski definition) is 2. The number of rotatable bonds is 6. The van der Waals surface area contributed by atoms with Crippen LogP contribution in [0.2, 0.25) is 0 Å². The van der Waals surface area contributed by atoms with Crippen molar-refractivity contribution in [3.63, 3.8) is 0 Å². The van der Waals surface area contributed by atoms with Gasteiger partial charge in [0.25, 0.3) is 0 Å². The summed E-state index contributed by atoms with van der Waals surface area (Å²) in [5.41, 5.74) is 0.449. The van der Waals surface area contributed by atoms with Gasteiger partial charge in [-0.3, -0.25) is 9.59 Å². The van der Waals surface area contributed by atoms with Crippen LogP contribution in [0.5, 0.6) is 11.5 Å². The molecule has 148 valence electrons. The number of amides is 2. The first-order chi connectivity index (χ1) is 14.6. The minimum atomic E-state index is -1.10. The van der Waals surface area contributed by atoms with Gasteiger partial charge in [-0.15, -0.1) is 0 Å². The first kappa shape index (κ1) is 19.2. The van der Waals surface area contributed by atoms with E-state index in [0.29, 0.717) is 41.3 Å². The topological polar surface area (TPSA) is 91.2 Å². The normalized spacial score (nSPS) is 13.6. The molecular formula is C24H19N3O3. The third kappa shape index (κ3) is 4.01. The Hall–Kier alpha value is -4.11. The van der Waals surface area contributed by atoms with Gasteiger partial charge in [-0.2, -0.15) is 5.26 Å². The molecule has 30 heavy (non-hydrogen) atoms. The van der Waals surface area contributed by atoms with Crippen molar-refractivity contribution in [2.75, 3.05) is 10.6 Å². The summed E-state index contributed by atoms with van der Waals surface area (Å²) in [5.74, 6) is 0.433. The Bertz CT molecular complexity index is 1110. The number of para-hydroxylation sites is 3. The van der Waals surface area contributed by atoms with Gasteiger partial charge in [0.05, 0.1) is 17.3 Å². The molecule has 6 heteroatoms. The summed E-state index contributed by atoms with van der Waals surface area (Å²) < 4.78 is 5.88. The highest BCUT2D eigenvalue weighted by atomic mass is 16.5. The molecule has 3 aromatic rings. The summed E-state index contributed by atoms with van der Waals surface area (Å²) >= 11 is 0. The van der Waals surface area contributed by atoms with E-state index in [2.05, 4.69) is 10.6 Å². The van der Waals surface area contributed by atoms with Crippen molar-refractivity contribution in [1.82, 2.24) is 0 Å². The average Bonchev–Trinajstić information content (AvgIpc) is 3.59. The van der Waals surface area contributed by atoms with Crippen molar-refractivity contribution in [3.05, 3.63) is 84.4 Å². The Balaban J connectivity index is 1.47. The lowest BCUT2D eigenvalue weighted by atomic mass is 10.0. The monoisotopic (exact) mass is 397 g/mol. The van der Waals surface area contributed by atoms with Gasteiger partial charge in [-0.25, -0.2) is 0 Å². The summed E-state index contributed by atoms with van der Waals surface area (Å²) in [6, 6.07) is 24.9. The molecule has 1 saturated carbocycles. The number of carbonyl (C=O) groups excluding carboxylic acids is 2. The van der Waals surface area contributed by atoms with Crippen LogP contribution < -0.4 is 15.4 Å². The van der Waals surface area contributed by atoms with Crippen LogP contribution in [-0.2, 0) is 9.59 Å². The van der Waals surface area contributed by atoms with Gasteiger partial charge in [0.2, 0.25) is 11.8 Å². The molecule has 6 nitrogen and oxygen atoms in total. The van der Waals surface area contributed by atoms with E-state index in [-0.39, 0.29) is 11.8 Å². The number of anilines is 2. The molecule has 0 saturated heterocycles. The molecule has 0 atom stereocenters. The maximum Gasteiger partial charge on any atom is 0.240 e. The molecule has 0 heterocycles. The molecule has 0 spiro atoms. The number of hydrogen-bond acceptors (Lipinski definition) is 4. The Labute approximate surface area is 174 Å². The summed E-state index contributed by atoms with van der Waals surface area (Å²) in [7, 11) is 0. The second-order valence-corrected chi connectivity index (χ2v) is 7.09. The largest absolute Gasteiger partial charge is 0.455 e. The van der Waals surface area contributed by atoms with Gasteiger partial charge < -0.3 is 15.4 Å². The van der Waals surface area contributed by atoms with E-state index in [0.717, 1.165) is 0 Å². The van der Waals surface area contributed by atoms with Crippen molar-refractivity contribution < 1.29 is 14.3 Å². The molecule has 0 bridgehead atoms. The minimum absolute atomic E-state index is 0.355. The Morgan fingerprint density at radius 3 is 2.13 bits per heavy atom. The van der Waals surface area contributed by atoms with Crippen molar-refractivity contribution >= 4 is 23.2 Å². The predicted molar refractivity (Wildman–Crippen MR) is 113 cm³/mol. The number of carbonyl (C=O) groups is 2. The van der Waals surface area contributed by atoms with Crippen LogP contribution in [-0.4, -0.2) is 11.8 Å². The molecule has 0 aliphatic heterocycles. The highest BCUT2D eigenvalue weighted by Gasteiger charge is 2.56. The third-order valence-electron chi connectivity index (χ3n) is 5.00.